The summed E-state index contributed by atoms with van der Waals surface area (Å²) in [5, 5.41) is 4.50. The molecule has 0 radical (unpaired) electrons. The lowest BCUT2D eigenvalue weighted by Crippen LogP contribution is -2.38. The minimum Gasteiger partial charge on any atom is -0.315 e. The number of aromatic nitrogens is 4. The van der Waals surface area contributed by atoms with Crippen LogP contribution in [0.1, 0.15) is 5.56 Å². The average Bonchev–Trinajstić information content (AvgIpc) is 3.34. The van der Waals surface area contributed by atoms with E-state index in [0.29, 0.717) is 11.7 Å². The molecule has 1 aliphatic heterocycles. The van der Waals surface area contributed by atoms with Gasteiger partial charge in [0.25, 0.3) is 11.5 Å². The summed E-state index contributed by atoms with van der Waals surface area (Å²) >= 11 is 1.24. The Morgan fingerprint density at radius 3 is 2.65 bits per heavy atom. The number of amidine groups is 1. The van der Waals surface area contributed by atoms with E-state index in [9.17, 15) is 19.2 Å². The van der Waals surface area contributed by atoms with E-state index in [1.54, 1.807) is 0 Å². The van der Waals surface area contributed by atoms with Crippen molar-refractivity contribution in [3.05, 3.63) is 63.1 Å². The van der Waals surface area contributed by atoms with Gasteiger partial charge in [-0.25, -0.2) is 15.2 Å². The molecule has 31 heavy (non-hydrogen) atoms. The maximum atomic E-state index is 12.5. The minimum absolute atomic E-state index is 0.0909. The molecule has 0 saturated carbocycles. The van der Waals surface area contributed by atoms with Crippen molar-refractivity contribution < 1.29 is 9.59 Å². The van der Waals surface area contributed by atoms with E-state index in [1.807, 2.05) is 30.3 Å². The normalized spacial score (nSPS) is 15.2. The van der Waals surface area contributed by atoms with Gasteiger partial charge in [0.2, 0.25) is 5.91 Å². The number of hydrogen-bond donors (Lipinski definition) is 1. The van der Waals surface area contributed by atoms with Gasteiger partial charge in [0.15, 0.2) is 16.3 Å². The lowest BCUT2D eigenvalue weighted by molar-refractivity contribution is -0.125. The molecular formula is C19H19N7O4S. The van der Waals surface area contributed by atoms with Crippen LogP contribution in [0.4, 0.5) is 0 Å². The van der Waals surface area contributed by atoms with Crippen LogP contribution in [0.2, 0.25) is 0 Å². The summed E-state index contributed by atoms with van der Waals surface area (Å²) in [4.78, 5) is 54.7. The molecule has 12 heteroatoms. The van der Waals surface area contributed by atoms with E-state index in [2.05, 4.69) is 15.5 Å². The molecular weight excluding hydrogens is 422 g/mol. The number of thioether (sulfide) groups is 1. The smallest absolute Gasteiger partial charge is 0.315 e. The van der Waals surface area contributed by atoms with Crippen LogP contribution >= 0.6 is 11.8 Å². The van der Waals surface area contributed by atoms with Crippen LogP contribution in [-0.2, 0) is 36.8 Å². The molecule has 1 saturated heterocycles. The van der Waals surface area contributed by atoms with E-state index < -0.39 is 17.2 Å². The van der Waals surface area contributed by atoms with Crippen LogP contribution < -0.4 is 16.7 Å². The quantitative estimate of drug-likeness (QED) is 0.537. The number of hydrazone groups is 1. The lowest BCUT2D eigenvalue weighted by Gasteiger charge is -2.15. The van der Waals surface area contributed by atoms with Crippen molar-refractivity contribution in [1.29, 1.82) is 0 Å². The van der Waals surface area contributed by atoms with E-state index >= 15 is 0 Å². The second-order valence-corrected chi connectivity index (χ2v) is 7.88. The molecule has 4 rings (SSSR count). The second-order valence-electron chi connectivity index (χ2n) is 6.93. The summed E-state index contributed by atoms with van der Waals surface area (Å²) in [6, 6.07) is 9.48. The van der Waals surface area contributed by atoms with Crippen molar-refractivity contribution in [3.63, 3.8) is 0 Å². The fraction of sp³-hybridized carbons (Fsp3) is 0.263. The summed E-state index contributed by atoms with van der Waals surface area (Å²) in [5.74, 6) is -0.341. The van der Waals surface area contributed by atoms with Crippen LogP contribution in [0.15, 0.2) is 51.3 Å². The number of carbonyl (C=O) groups is 2. The summed E-state index contributed by atoms with van der Waals surface area (Å²) in [6.45, 7) is 0.135. The third kappa shape index (κ3) is 3.89. The Labute approximate surface area is 180 Å². The molecule has 1 fully saturated rings. The topological polar surface area (TPSA) is 124 Å². The molecule has 3 aromatic rings. The number of hydrogen-bond acceptors (Lipinski definition) is 7. The zero-order valence-electron chi connectivity index (χ0n) is 16.8. The molecule has 1 aliphatic rings. The fourth-order valence-corrected chi connectivity index (χ4v) is 4.06. The molecule has 0 aliphatic carbocycles. The van der Waals surface area contributed by atoms with Crippen LogP contribution in [0.25, 0.3) is 11.2 Å². The molecule has 2 aromatic heterocycles. The van der Waals surface area contributed by atoms with Gasteiger partial charge in [-0.05, 0) is 5.56 Å². The van der Waals surface area contributed by atoms with Crippen molar-refractivity contribution in [2.45, 2.75) is 13.1 Å². The van der Waals surface area contributed by atoms with Gasteiger partial charge in [0.1, 0.15) is 6.54 Å². The largest absolute Gasteiger partial charge is 0.332 e. The monoisotopic (exact) mass is 441 g/mol. The first kappa shape index (κ1) is 20.6. The van der Waals surface area contributed by atoms with Gasteiger partial charge < -0.3 is 4.57 Å². The predicted octanol–water partition coefficient (Wildman–Crippen LogP) is -0.403. The number of nitrogens with one attached hydrogen (secondary N) is 1. The van der Waals surface area contributed by atoms with Crippen molar-refractivity contribution in [3.8, 4) is 0 Å². The Kier molecular flexibility index (Phi) is 5.46. The molecule has 1 N–H and O–H groups in total. The molecule has 160 valence electrons. The highest BCUT2D eigenvalue weighted by Crippen LogP contribution is 2.21. The van der Waals surface area contributed by atoms with Gasteiger partial charge in [-0.2, -0.15) is 0 Å². The summed E-state index contributed by atoms with van der Waals surface area (Å²) in [6.07, 6.45) is 1.33. The molecule has 2 amide bonds. The molecule has 0 bridgehead atoms. The molecule has 3 heterocycles. The number of benzene rings is 1. The molecule has 1 aromatic carbocycles. The number of imidazole rings is 1. The van der Waals surface area contributed by atoms with Crippen LogP contribution in [0, 0.1) is 0 Å². The Morgan fingerprint density at radius 1 is 1.16 bits per heavy atom. The highest BCUT2D eigenvalue weighted by Gasteiger charge is 2.28. The Hall–Kier alpha value is -3.67. The molecule has 11 nitrogen and oxygen atoms in total. The summed E-state index contributed by atoms with van der Waals surface area (Å²) in [5.41, 5.74) is 2.67. The Morgan fingerprint density at radius 2 is 1.90 bits per heavy atom. The van der Waals surface area contributed by atoms with Crippen LogP contribution in [-0.4, -0.2) is 46.3 Å². The van der Waals surface area contributed by atoms with Gasteiger partial charge >= 0.3 is 5.69 Å². The summed E-state index contributed by atoms with van der Waals surface area (Å²) in [7, 11) is 2.87. The van der Waals surface area contributed by atoms with Crippen LogP contribution in [0.5, 0.6) is 0 Å². The number of fused-ring (bicyclic) bond motifs is 1. The van der Waals surface area contributed by atoms with Crippen LogP contribution in [0.3, 0.4) is 0 Å². The third-order valence-corrected chi connectivity index (χ3v) is 5.81. The number of rotatable bonds is 5. The SMILES string of the molecule is Cn1c(=O)c2c(ncn2CC(=O)NN=C2SCC(=O)N2Cc2ccccc2)n(C)c1=O. The van der Waals surface area contributed by atoms with Crippen molar-refractivity contribution >= 4 is 39.9 Å². The predicted molar refractivity (Wildman–Crippen MR) is 115 cm³/mol. The highest BCUT2D eigenvalue weighted by atomic mass is 32.2. The first-order chi connectivity index (χ1) is 14.9. The van der Waals surface area contributed by atoms with Gasteiger partial charge in [-0.1, -0.05) is 42.1 Å². The van der Waals surface area contributed by atoms with E-state index in [-0.39, 0.29) is 29.4 Å². The molecule has 0 atom stereocenters. The van der Waals surface area contributed by atoms with Gasteiger partial charge in [-0.3, -0.25) is 28.4 Å². The van der Waals surface area contributed by atoms with Gasteiger partial charge in [0.05, 0.1) is 18.6 Å². The second kappa shape index (κ2) is 8.22. The first-order valence-electron chi connectivity index (χ1n) is 9.31. The van der Waals surface area contributed by atoms with Crippen molar-refractivity contribution in [1.82, 2.24) is 29.0 Å². The number of nitrogens with zero attached hydrogens (tertiary/aromatic N) is 6. The molecule has 0 unspecified atom stereocenters. The lowest BCUT2D eigenvalue weighted by atomic mass is 10.2. The van der Waals surface area contributed by atoms with E-state index in [1.165, 1.54) is 46.2 Å². The standard InChI is InChI=1S/C19H19N7O4S/c1-23-16-15(17(29)24(2)19(23)30)25(11-20-16)9-13(27)21-22-18-26(14(28)10-31-18)8-12-6-4-3-5-7-12/h3-7,11H,8-10H2,1-2H3,(H,21,27). The minimum atomic E-state index is -0.541. The van der Waals surface area contributed by atoms with Gasteiger partial charge in [0, 0.05) is 14.1 Å². The van der Waals surface area contributed by atoms with Crippen molar-refractivity contribution in [2.75, 3.05) is 5.75 Å². The first-order valence-corrected chi connectivity index (χ1v) is 10.3. The molecule has 0 spiro atoms. The maximum Gasteiger partial charge on any atom is 0.332 e. The number of carbonyl (C=O) groups excluding carboxylic acids is 2. The maximum absolute atomic E-state index is 12.5. The highest BCUT2D eigenvalue weighted by molar-refractivity contribution is 8.15. The summed E-state index contributed by atoms with van der Waals surface area (Å²) < 4.78 is 3.57. The number of amides is 2. The average molecular weight is 441 g/mol. The van der Waals surface area contributed by atoms with Crippen molar-refractivity contribution in [2.24, 2.45) is 19.2 Å². The zero-order chi connectivity index (χ0) is 22.1. The van der Waals surface area contributed by atoms with Gasteiger partial charge in [-0.15, -0.1) is 5.10 Å². The zero-order valence-corrected chi connectivity index (χ0v) is 17.6. The van der Waals surface area contributed by atoms with E-state index in [4.69, 9.17) is 0 Å². The van der Waals surface area contributed by atoms with E-state index in [0.717, 1.165) is 10.1 Å². The fourth-order valence-electron chi connectivity index (χ4n) is 3.22. The Balaban J connectivity index is 1.51. The Bertz CT molecular complexity index is 1320. The third-order valence-electron chi connectivity index (χ3n) is 4.85. The number of aryl methyl sites for hydroxylation is 1.